The van der Waals surface area contributed by atoms with Gasteiger partial charge in [0.1, 0.15) is 11.7 Å². The lowest BCUT2D eigenvalue weighted by atomic mass is 9.96. The fourth-order valence-corrected chi connectivity index (χ4v) is 0.952. The predicted molar refractivity (Wildman–Crippen MR) is 37.0 cm³/mol. The van der Waals surface area contributed by atoms with E-state index in [2.05, 4.69) is 6.58 Å². The van der Waals surface area contributed by atoms with Crippen molar-refractivity contribution >= 4 is 0 Å². The third-order valence-electron chi connectivity index (χ3n) is 1.62. The van der Waals surface area contributed by atoms with E-state index in [-0.39, 0.29) is 6.08 Å². The van der Waals surface area contributed by atoms with Crippen LogP contribution in [-0.4, -0.2) is 6.17 Å². The van der Waals surface area contributed by atoms with Crippen molar-refractivity contribution in [3.05, 3.63) is 36.2 Å². The van der Waals surface area contributed by atoms with Crippen LogP contribution in [0.25, 0.3) is 0 Å². The number of hydrogen-bond donors (Lipinski definition) is 0. The van der Waals surface area contributed by atoms with E-state index >= 15 is 0 Å². The molecule has 2 unspecified atom stereocenters. The van der Waals surface area contributed by atoms with Crippen molar-refractivity contribution in [3.8, 4) is 0 Å². The van der Waals surface area contributed by atoms with Gasteiger partial charge in [-0.2, -0.15) is 0 Å². The molecule has 1 rings (SSSR count). The molecule has 0 aromatic rings. The SMILES string of the molecule is C=CC1C(F)=C(F)C=C(F)C1F. The third kappa shape index (κ3) is 1.29. The maximum atomic E-state index is 12.7. The Labute approximate surface area is 66.9 Å². The Morgan fingerprint density at radius 2 is 1.92 bits per heavy atom. The number of allylic oxidation sites excluding steroid dienone is 5. The minimum absolute atomic E-state index is 0.208. The molecular weight excluding hydrogens is 172 g/mol. The molecule has 0 saturated heterocycles. The molecule has 66 valence electrons. The maximum Gasteiger partial charge on any atom is 0.164 e. The van der Waals surface area contributed by atoms with Crippen LogP contribution in [0.3, 0.4) is 0 Å². The molecule has 1 aliphatic carbocycles. The van der Waals surface area contributed by atoms with Crippen LogP contribution in [0.15, 0.2) is 36.2 Å². The normalized spacial score (nSPS) is 30.2. The maximum absolute atomic E-state index is 12.7. The van der Waals surface area contributed by atoms with Gasteiger partial charge in [-0.3, -0.25) is 0 Å². The third-order valence-corrected chi connectivity index (χ3v) is 1.62. The second kappa shape index (κ2) is 3.13. The Bertz CT molecular complexity index is 264. The molecule has 2 atom stereocenters. The molecular formula is C8H6F4. The Hall–Kier alpha value is -1.06. The summed E-state index contributed by atoms with van der Waals surface area (Å²) in [5.74, 6) is -5.51. The Morgan fingerprint density at radius 3 is 2.42 bits per heavy atom. The number of rotatable bonds is 1. The van der Waals surface area contributed by atoms with Crippen molar-refractivity contribution in [2.75, 3.05) is 0 Å². The van der Waals surface area contributed by atoms with E-state index in [4.69, 9.17) is 0 Å². The molecule has 0 aromatic carbocycles. The van der Waals surface area contributed by atoms with E-state index in [0.717, 1.165) is 6.08 Å². The first kappa shape index (κ1) is 9.03. The zero-order valence-electron chi connectivity index (χ0n) is 6.03. The standard InChI is InChI=1S/C8H6F4/c1-2-4-7(11)5(9)3-6(10)8(4)12/h2-4,7H,1H2. The van der Waals surface area contributed by atoms with Crippen molar-refractivity contribution < 1.29 is 17.6 Å². The smallest absolute Gasteiger partial charge is 0.164 e. The summed E-state index contributed by atoms with van der Waals surface area (Å²) in [5.41, 5.74) is 0. The molecule has 0 N–H and O–H groups in total. The van der Waals surface area contributed by atoms with Gasteiger partial charge in [-0.1, -0.05) is 6.08 Å². The lowest BCUT2D eigenvalue weighted by Gasteiger charge is -2.18. The minimum atomic E-state index is -2.15. The zero-order valence-corrected chi connectivity index (χ0v) is 6.03. The molecule has 0 aromatic heterocycles. The summed E-state index contributed by atoms with van der Waals surface area (Å²) in [6.07, 6.45) is -1.10. The van der Waals surface area contributed by atoms with E-state index in [1.807, 2.05) is 0 Å². The van der Waals surface area contributed by atoms with Crippen LogP contribution in [0, 0.1) is 5.92 Å². The van der Waals surface area contributed by atoms with Crippen LogP contribution in [0.4, 0.5) is 17.6 Å². The van der Waals surface area contributed by atoms with E-state index in [9.17, 15) is 17.6 Å². The second-order valence-electron chi connectivity index (χ2n) is 2.39. The number of halogens is 4. The second-order valence-corrected chi connectivity index (χ2v) is 2.39. The van der Waals surface area contributed by atoms with Gasteiger partial charge in [-0.05, 0) is 0 Å². The average Bonchev–Trinajstić information content (AvgIpc) is 2.02. The van der Waals surface area contributed by atoms with Crippen LogP contribution in [0.2, 0.25) is 0 Å². The van der Waals surface area contributed by atoms with Gasteiger partial charge < -0.3 is 0 Å². The van der Waals surface area contributed by atoms with Crippen molar-refractivity contribution in [3.63, 3.8) is 0 Å². The van der Waals surface area contributed by atoms with Crippen molar-refractivity contribution in [2.45, 2.75) is 6.17 Å². The summed E-state index contributed by atoms with van der Waals surface area (Å²) in [5, 5.41) is 0. The highest BCUT2D eigenvalue weighted by Gasteiger charge is 2.32. The number of hydrogen-bond acceptors (Lipinski definition) is 0. The minimum Gasteiger partial charge on any atom is -0.239 e. The van der Waals surface area contributed by atoms with Gasteiger partial charge in [0.05, 0.1) is 5.92 Å². The molecule has 0 aliphatic heterocycles. The van der Waals surface area contributed by atoms with Gasteiger partial charge in [0.15, 0.2) is 12.0 Å². The van der Waals surface area contributed by atoms with Gasteiger partial charge in [0, 0.05) is 6.08 Å². The Morgan fingerprint density at radius 1 is 1.33 bits per heavy atom. The topological polar surface area (TPSA) is 0 Å². The molecule has 0 amide bonds. The molecule has 0 radical (unpaired) electrons. The van der Waals surface area contributed by atoms with Crippen LogP contribution in [0.5, 0.6) is 0 Å². The first-order valence-electron chi connectivity index (χ1n) is 3.26. The van der Waals surface area contributed by atoms with Crippen molar-refractivity contribution in [1.82, 2.24) is 0 Å². The first-order chi connectivity index (χ1) is 5.57. The number of alkyl halides is 1. The van der Waals surface area contributed by atoms with Gasteiger partial charge in [0.25, 0.3) is 0 Å². The highest BCUT2D eigenvalue weighted by atomic mass is 19.2. The molecule has 12 heavy (non-hydrogen) atoms. The summed E-state index contributed by atoms with van der Waals surface area (Å²) in [6, 6.07) is 0. The monoisotopic (exact) mass is 178 g/mol. The average molecular weight is 178 g/mol. The van der Waals surface area contributed by atoms with Gasteiger partial charge in [-0.15, -0.1) is 6.58 Å². The van der Waals surface area contributed by atoms with Crippen LogP contribution in [0.1, 0.15) is 0 Å². The van der Waals surface area contributed by atoms with E-state index in [0.29, 0.717) is 0 Å². The van der Waals surface area contributed by atoms with E-state index < -0.39 is 29.6 Å². The highest BCUT2D eigenvalue weighted by molar-refractivity contribution is 5.31. The molecule has 0 heterocycles. The van der Waals surface area contributed by atoms with E-state index in [1.165, 1.54) is 0 Å². The fourth-order valence-electron chi connectivity index (χ4n) is 0.952. The quantitative estimate of drug-likeness (QED) is 0.427. The molecule has 1 aliphatic rings. The molecule has 0 bridgehead atoms. The first-order valence-corrected chi connectivity index (χ1v) is 3.26. The van der Waals surface area contributed by atoms with Crippen molar-refractivity contribution in [2.24, 2.45) is 5.92 Å². The fraction of sp³-hybridized carbons (Fsp3) is 0.250. The van der Waals surface area contributed by atoms with Crippen molar-refractivity contribution in [1.29, 1.82) is 0 Å². The molecule has 0 nitrogen and oxygen atoms in total. The lowest BCUT2D eigenvalue weighted by Crippen LogP contribution is -2.19. The molecule has 0 saturated carbocycles. The highest BCUT2D eigenvalue weighted by Crippen LogP contribution is 2.34. The van der Waals surface area contributed by atoms with E-state index in [1.54, 1.807) is 0 Å². The molecule has 0 fully saturated rings. The zero-order chi connectivity index (χ0) is 9.30. The van der Waals surface area contributed by atoms with Gasteiger partial charge in [-0.25, -0.2) is 17.6 Å². The summed E-state index contributed by atoms with van der Waals surface area (Å²) in [7, 11) is 0. The Balaban J connectivity index is 3.07. The van der Waals surface area contributed by atoms with Gasteiger partial charge >= 0.3 is 0 Å². The summed E-state index contributed by atoms with van der Waals surface area (Å²) in [4.78, 5) is 0. The summed E-state index contributed by atoms with van der Waals surface area (Å²) < 4.78 is 50.2. The lowest BCUT2D eigenvalue weighted by molar-refractivity contribution is 0.249. The molecule has 0 spiro atoms. The van der Waals surface area contributed by atoms with Gasteiger partial charge in [0.2, 0.25) is 0 Å². The predicted octanol–water partition coefficient (Wildman–Crippen LogP) is 3.14. The van der Waals surface area contributed by atoms with Crippen LogP contribution in [-0.2, 0) is 0 Å². The van der Waals surface area contributed by atoms with Crippen LogP contribution < -0.4 is 0 Å². The Kier molecular flexibility index (Phi) is 2.35. The largest absolute Gasteiger partial charge is 0.239 e. The van der Waals surface area contributed by atoms with Crippen LogP contribution >= 0.6 is 0 Å². The molecule has 4 heteroatoms. The summed E-state index contributed by atoms with van der Waals surface area (Å²) in [6.45, 7) is 3.08. The summed E-state index contributed by atoms with van der Waals surface area (Å²) >= 11 is 0.